The Balaban J connectivity index is 1.46. The molecule has 2 heterocycles. The summed E-state index contributed by atoms with van der Waals surface area (Å²) in [6.07, 6.45) is 0. The lowest BCUT2D eigenvalue weighted by molar-refractivity contribution is 1.38. The van der Waals surface area contributed by atoms with Crippen molar-refractivity contribution in [1.82, 2.24) is 9.97 Å². The molecule has 0 bridgehead atoms. The number of aromatic nitrogens is 2. The maximum Gasteiger partial charge on any atom is 0.124 e. The van der Waals surface area contributed by atoms with Gasteiger partial charge in [-0.15, -0.1) is 22.7 Å². The molecule has 2 aromatic heterocycles. The topological polar surface area (TPSA) is 25.8 Å². The van der Waals surface area contributed by atoms with E-state index in [4.69, 9.17) is 9.97 Å². The van der Waals surface area contributed by atoms with Crippen molar-refractivity contribution in [3.8, 4) is 43.7 Å². The van der Waals surface area contributed by atoms with Crippen LogP contribution in [0.2, 0.25) is 0 Å². The highest BCUT2D eigenvalue weighted by Crippen LogP contribution is 2.33. The molecule has 0 unspecified atom stereocenters. The zero-order valence-electron chi connectivity index (χ0n) is 14.9. The summed E-state index contributed by atoms with van der Waals surface area (Å²) in [5.74, 6) is 0. The zero-order valence-corrected chi connectivity index (χ0v) is 16.6. The Kier molecular flexibility index (Phi) is 4.57. The van der Waals surface area contributed by atoms with Gasteiger partial charge in [0, 0.05) is 33.0 Å². The highest BCUT2D eigenvalue weighted by Gasteiger charge is 2.10. The van der Waals surface area contributed by atoms with E-state index >= 15 is 0 Å². The Labute approximate surface area is 171 Å². The van der Waals surface area contributed by atoms with Crippen molar-refractivity contribution in [1.29, 1.82) is 0 Å². The normalized spacial score (nSPS) is 10.9. The van der Waals surface area contributed by atoms with Gasteiger partial charge in [0.25, 0.3) is 0 Å². The molecule has 0 aliphatic heterocycles. The first-order valence-electron chi connectivity index (χ1n) is 8.99. The average molecular weight is 397 g/mol. The van der Waals surface area contributed by atoms with Gasteiger partial charge in [-0.05, 0) is 6.07 Å². The van der Waals surface area contributed by atoms with Crippen LogP contribution in [0, 0.1) is 0 Å². The van der Waals surface area contributed by atoms with Crippen molar-refractivity contribution in [3.63, 3.8) is 0 Å². The van der Waals surface area contributed by atoms with Crippen LogP contribution >= 0.6 is 22.7 Å². The first-order valence-corrected chi connectivity index (χ1v) is 10.8. The molecule has 134 valence electrons. The van der Waals surface area contributed by atoms with Crippen LogP contribution in [-0.2, 0) is 0 Å². The zero-order chi connectivity index (χ0) is 18.8. The summed E-state index contributed by atoms with van der Waals surface area (Å²) in [5.41, 5.74) is 6.57. The van der Waals surface area contributed by atoms with Crippen LogP contribution in [0.25, 0.3) is 43.7 Å². The molecule has 0 aliphatic carbocycles. The predicted molar refractivity (Wildman–Crippen MR) is 120 cm³/mol. The van der Waals surface area contributed by atoms with E-state index in [-0.39, 0.29) is 0 Å². The van der Waals surface area contributed by atoms with Gasteiger partial charge < -0.3 is 0 Å². The van der Waals surface area contributed by atoms with Crippen LogP contribution in [0.1, 0.15) is 0 Å². The molecule has 0 spiro atoms. The van der Waals surface area contributed by atoms with E-state index in [0.29, 0.717) is 0 Å². The molecule has 0 fully saturated rings. The predicted octanol–water partition coefficient (Wildman–Crippen LogP) is 7.27. The van der Waals surface area contributed by atoms with Crippen molar-refractivity contribution in [2.75, 3.05) is 0 Å². The van der Waals surface area contributed by atoms with Crippen molar-refractivity contribution in [2.24, 2.45) is 0 Å². The van der Waals surface area contributed by atoms with E-state index in [1.807, 2.05) is 36.4 Å². The van der Waals surface area contributed by atoms with Crippen LogP contribution in [0.5, 0.6) is 0 Å². The second-order valence-electron chi connectivity index (χ2n) is 6.39. The van der Waals surface area contributed by atoms with Crippen molar-refractivity contribution in [2.45, 2.75) is 0 Å². The lowest BCUT2D eigenvalue weighted by Crippen LogP contribution is -1.83. The highest BCUT2D eigenvalue weighted by atomic mass is 32.1. The van der Waals surface area contributed by atoms with Crippen LogP contribution in [0.15, 0.2) is 95.7 Å². The third-order valence-electron chi connectivity index (χ3n) is 4.50. The smallest absolute Gasteiger partial charge is 0.124 e. The number of rotatable bonds is 4. The lowest BCUT2D eigenvalue weighted by atomic mass is 10.1. The van der Waals surface area contributed by atoms with Gasteiger partial charge in [-0.25, -0.2) is 9.97 Å². The molecule has 5 rings (SSSR count). The first kappa shape index (κ1) is 17.0. The minimum Gasteiger partial charge on any atom is -0.236 e. The lowest BCUT2D eigenvalue weighted by Gasteiger charge is -2.01. The Morgan fingerprint density at radius 1 is 0.464 bits per heavy atom. The first-order chi connectivity index (χ1) is 13.9. The second kappa shape index (κ2) is 7.50. The Bertz CT molecular complexity index is 1110. The Morgan fingerprint density at radius 3 is 1.64 bits per heavy atom. The van der Waals surface area contributed by atoms with Crippen LogP contribution in [-0.4, -0.2) is 9.97 Å². The van der Waals surface area contributed by atoms with Crippen molar-refractivity contribution in [3.05, 3.63) is 95.7 Å². The van der Waals surface area contributed by atoms with Crippen molar-refractivity contribution >= 4 is 22.7 Å². The number of thiazole rings is 2. The maximum absolute atomic E-state index is 4.84. The quantitative estimate of drug-likeness (QED) is 0.319. The fourth-order valence-corrected chi connectivity index (χ4v) is 4.74. The maximum atomic E-state index is 4.84. The van der Waals surface area contributed by atoms with Crippen molar-refractivity contribution < 1.29 is 0 Å². The SMILES string of the molecule is c1ccc(-c2csc(-c3cccc(-c4csc(-c5ccccc5)n4)c3)n2)cc1. The fraction of sp³-hybridized carbons (Fsp3) is 0. The molecule has 0 N–H and O–H groups in total. The number of nitrogens with zero attached hydrogens (tertiary/aromatic N) is 2. The van der Waals surface area contributed by atoms with Gasteiger partial charge in [-0.3, -0.25) is 0 Å². The second-order valence-corrected chi connectivity index (χ2v) is 8.10. The van der Waals surface area contributed by atoms with Gasteiger partial charge in [0.05, 0.1) is 11.4 Å². The summed E-state index contributed by atoms with van der Waals surface area (Å²) in [5, 5.41) is 6.31. The van der Waals surface area contributed by atoms with Gasteiger partial charge in [0.2, 0.25) is 0 Å². The molecule has 0 amide bonds. The summed E-state index contributed by atoms with van der Waals surface area (Å²) < 4.78 is 0. The summed E-state index contributed by atoms with van der Waals surface area (Å²) >= 11 is 3.35. The van der Waals surface area contributed by atoms with Crippen LogP contribution in [0.4, 0.5) is 0 Å². The number of benzene rings is 3. The molecule has 0 aliphatic rings. The molecule has 28 heavy (non-hydrogen) atoms. The van der Waals surface area contributed by atoms with Gasteiger partial charge >= 0.3 is 0 Å². The van der Waals surface area contributed by atoms with Gasteiger partial charge in [0.15, 0.2) is 0 Å². The minimum atomic E-state index is 1.01. The monoisotopic (exact) mass is 396 g/mol. The molecular formula is C24H16N2S2. The summed E-state index contributed by atoms with van der Waals surface area (Å²) in [6, 6.07) is 29.1. The largest absolute Gasteiger partial charge is 0.236 e. The Morgan fingerprint density at radius 2 is 0.964 bits per heavy atom. The van der Waals surface area contributed by atoms with E-state index in [1.54, 1.807) is 22.7 Å². The number of hydrogen-bond donors (Lipinski definition) is 0. The van der Waals surface area contributed by atoms with E-state index in [1.165, 1.54) is 0 Å². The summed E-state index contributed by atoms with van der Waals surface area (Å²) in [7, 11) is 0. The molecular weight excluding hydrogens is 380 g/mol. The van der Waals surface area contributed by atoms with E-state index < -0.39 is 0 Å². The fourth-order valence-electron chi connectivity index (χ4n) is 3.08. The molecule has 0 radical (unpaired) electrons. The van der Waals surface area contributed by atoms with E-state index in [2.05, 4.69) is 59.3 Å². The molecule has 2 nitrogen and oxygen atoms in total. The van der Waals surface area contributed by atoms with Crippen LogP contribution in [0.3, 0.4) is 0 Å². The molecule has 4 heteroatoms. The molecule has 0 saturated heterocycles. The average Bonchev–Trinajstić information content (AvgIpc) is 3.46. The molecule has 0 saturated carbocycles. The van der Waals surface area contributed by atoms with E-state index in [9.17, 15) is 0 Å². The van der Waals surface area contributed by atoms with Gasteiger partial charge in [-0.1, -0.05) is 78.9 Å². The molecule has 3 aromatic carbocycles. The minimum absolute atomic E-state index is 1.01. The van der Waals surface area contributed by atoms with Crippen LogP contribution < -0.4 is 0 Å². The molecule has 5 aromatic rings. The standard InChI is InChI=1S/C24H16N2S2/c1-3-8-17(9-4-1)21-15-28-24(25-21)20-13-7-12-19(14-20)22-16-27-23(26-22)18-10-5-2-6-11-18/h1-16H. The third-order valence-corrected chi connectivity index (χ3v) is 6.29. The summed E-state index contributed by atoms with van der Waals surface area (Å²) in [4.78, 5) is 9.68. The summed E-state index contributed by atoms with van der Waals surface area (Å²) in [6.45, 7) is 0. The number of hydrogen-bond acceptors (Lipinski definition) is 4. The Hall–Kier alpha value is -3.08. The highest BCUT2D eigenvalue weighted by molar-refractivity contribution is 7.13. The van der Waals surface area contributed by atoms with Gasteiger partial charge in [-0.2, -0.15) is 0 Å². The van der Waals surface area contributed by atoms with E-state index in [0.717, 1.165) is 43.7 Å². The molecule has 0 atom stereocenters. The third kappa shape index (κ3) is 3.40. The van der Waals surface area contributed by atoms with Gasteiger partial charge in [0.1, 0.15) is 10.0 Å².